The van der Waals surface area contributed by atoms with Crippen LogP contribution in [0.15, 0.2) is 36.8 Å². The average molecular weight is 384 g/mol. The minimum Gasteiger partial charge on any atom is -0.368 e. The highest BCUT2D eigenvalue weighted by molar-refractivity contribution is 5.79. The molecule has 0 saturated carbocycles. The van der Waals surface area contributed by atoms with Crippen molar-refractivity contribution in [2.24, 2.45) is 5.92 Å². The largest absolute Gasteiger partial charge is 0.368 e. The van der Waals surface area contributed by atoms with Crippen molar-refractivity contribution in [3.63, 3.8) is 0 Å². The standard InChI is InChI=1S/C21H25FN4O2/c1-21(17-12-24-13-25-19(17)14-2-4-16(22)5-3-14)18(8-11-28-21)26-20(27)15-6-9-23-10-7-15/h2-5,12-13,15,18,23H,6-11H2,1H3,(H,26,27)/t18-,21?/m0/s1. The molecule has 148 valence electrons. The van der Waals surface area contributed by atoms with Crippen molar-refractivity contribution in [2.75, 3.05) is 19.7 Å². The fourth-order valence-corrected chi connectivity index (χ4v) is 4.14. The Morgan fingerprint density at radius 2 is 2.00 bits per heavy atom. The lowest BCUT2D eigenvalue weighted by Crippen LogP contribution is -2.49. The van der Waals surface area contributed by atoms with E-state index in [1.807, 2.05) is 6.92 Å². The second-order valence-electron chi connectivity index (χ2n) is 7.62. The normalized spacial score (nSPS) is 25.6. The summed E-state index contributed by atoms with van der Waals surface area (Å²) in [6.07, 6.45) is 5.64. The molecule has 2 fully saturated rings. The summed E-state index contributed by atoms with van der Waals surface area (Å²) < 4.78 is 19.5. The van der Waals surface area contributed by atoms with Crippen molar-refractivity contribution >= 4 is 5.91 Å². The molecule has 6 nitrogen and oxygen atoms in total. The van der Waals surface area contributed by atoms with Crippen LogP contribution in [0, 0.1) is 11.7 Å². The van der Waals surface area contributed by atoms with Gasteiger partial charge in [-0.1, -0.05) is 0 Å². The molecule has 2 saturated heterocycles. The molecule has 4 rings (SSSR count). The summed E-state index contributed by atoms with van der Waals surface area (Å²) in [4.78, 5) is 21.4. The van der Waals surface area contributed by atoms with Crippen LogP contribution < -0.4 is 10.6 Å². The molecule has 0 bridgehead atoms. The van der Waals surface area contributed by atoms with Crippen LogP contribution in [0.3, 0.4) is 0 Å². The Kier molecular flexibility index (Phi) is 5.37. The van der Waals surface area contributed by atoms with E-state index in [4.69, 9.17) is 4.74 Å². The average Bonchev–Trinajstić information content (AvgIpc) is 3.10. The van der Waals surface area contributed by atoms with Crippen LogP contribution in [0.1, 0.15) is 31.7 Å². The summed E-state index contributed by atoms with van der Waals surface area (Å²) in [5, 5.41) is 6.51. The molecule has 7 heteroatoms. The Bertz CT molecular complexity index is 839. The van der Waals surface area contributed by atoms with Gasteiger partial charge in [-0.3, -0.25) is 4.79 Å². The molecule has 1 unspecified atom stereocenters. The lowest BCUT2D eigenvalue weighted by Gasteiger charge is -2.33. The van der Waals surface area contributed by atoms with Crippen molar-refractivity contribution in [3.05, 3.63) is 48.2 Å². The number of ether oxygens (including phenoxy) is 1. The molecule has 2 aliphatic rings. The number of aromatic nitrogens is 2. The second-order valence-corrected chi connectivity index (χ2v) is 7.62. The summed E-state index contributed by atoms with van der Waals surface area (Å²) in [5.41, 5.74) is 1.54. The van der Waals surface area contributed by atoms with E-state index in [-0.39, 0.29) is 23.7 Å². The Hall–Kier alpha value is -2.38. The zero-order valence-corrected chi connectivity index (χ0v) is 16.0. The maximum atomic E-state index is 13.4. The third-order valence-electron chi connectivity index (χ3n) is 5.86. The first-order valence-corrected chi connectivity index (χ1v) is 9.79. The van der Waals surface area contributed by atoms with Gasteiger partial charge < -0.3 is 15.4 Å². The molecule has 2 atom stereocenters. The predicted molar refractivity (Wildman–Crippen MR) is 103 cm³/mol. The molecule has 2 aliphatic heterocycles. The number of piperidine rings is 1. The maximum absolute atomic E-state index is 13.4. The Balaban J connectivity index is 1.62. The van der Waals surface area contributed by atoms with Gasteiger partial charge in [0.2, 0.25) is 5.91 Å². The van der Waals surface area contributed by atoms with Crippen LogP contribution in [0.25, 0.3) is 11.3 Å². The zero-order valence-electron chi connectivity index (χ0n) is 16.0. The van der Waals surface area contributed by atoms with E-state index < -0.39 is 5.60 Å². The number of carbonyl (C=O) groups excluding carboxylic acids is 1. The first-order chi connectivity index (χ1) is 13.6. The van der Waals surface area contributed by atoms with E-state index in [0.717, 1.165) is 43.5 Å². The summed E-state index contributed by atoms with van der Waals surface area (Å²) in [7, 11) is 0. The van der Waals surface area contributed by atoms with Gasteiger partial charge in [-0.25, -0.2) is 14.4 Å². The van der Waals surface area contributed by atoms with E-state index in [0.29, 0.717) is 12.3 Å². The highest BCUT2D eigenvalue weighted by Crippen LogP contribution is 2.40. The molecular weight excluding hydrogens is 359 g/mol. The Morgan fingerprint density at radius 3 is 2.75 bits per heavy atom. The van der Waals surface area contributed by atoms with Gasteiger partial charge in [-0.05, 0) is 63.5 Å². The van der Waals surface area contributed by atoms with Crippen LogP contribution in [0.4, 0.5) is 4.39 Å². The number of nitrogens with zero attached hydrogens (tertiary/aromatic N) is 2. The van der Waals surface area contributed by atoms with E-state index in [1.165, 1.54) is 18.5 Å². The quantitative estimate of drug-likeness (QED) is 0.847. The molecule has 1 amide bonds. The van der Waals surface area contributed by atoms with Crippen molar-refractivity contribution in [1.82, 2.24) is 20.6 Å². The van der Waals surface area contributed by atoms with Gasteiger partial charge in [0.25, 0.3) is 0 Å². The lowest BCUT2D eigenvalue weighted by atomic mass is 9.85. The van der Waals surface area contributed by atoms with E-state index in [1.54, 1.807) is 18.3 Å². The number of benzene rings is 1. The summed E-state index contributed by atoms with van der Waals surface area (Å²) in [5.74, 6) is -0.173. The van der Waals surface area contributed by atoms with Gasteiger partial charge >= 0.3 is 0 Å². The molecule has 1 aromatic carbocycles. The predicted octanol–water partition coefficient (Wildman–Crippen LogP) is 2.40. The number of hydrogen-bond acceptors (Lipinski definition) is 5. The highest BCUT2D eigenvalue weighted by atomic mass is 19.1. The fourth-order valence-electron chi connectivity index (χ4n) is 4.14. The Morgan fingerprint density at radius 1 is 1.25 bits per heavy atom. The number of hydrogen-bond donors (Lipinski definition) is 2. The van der Waals surface area contributed by atoms with Crippen LogP contribution in [0.2, 0.25) is 0 Å². The molecule has 28 heavy (non-hydrogen) atoms. The summed E-state index contributed by atoms with van der Waals surface area (Å²) in [6.45, 7) is 4.26. The first-order valence-electron chi connectivity index (χ1n) is 9.79. The lowest BCUT2D eigenvalue weighted by molar-refractivity contribution is -0.128. The SMILES string of the molecule is CC1(c2cncnc2-c2ccc(F)cc2)OCC[C@@H]1NC(=O)C1CCNCC1. The van der Waals surface area contributed by atoms with Crippen molar-refractivity contribution < 1.29 is 13.9 Å². The monoisotopic (exact) mass is 384 g/mol. The maximum Gasteiger partial charge on any atom is 0.223 e. The third-order valence-corrected chi connectivity index (χ3v) is 5.86. The van der Waals surface area contributed by atoms with Gasteiger partial charge in [0.1, 0.15) is 17.7 Å². The fraction of sp³-hybridized carbons (Fsp3) is 0.476. The van der Waals surface area contributed by atoms with Gasteiger partial charge in [0.15, 0.2) is 0 Å². The first kappa shape index (κ1) is 19.0. The summed E-state index contributed by atoms with van der Waals surface area (Å²) in [6, 6.07) is 6.05. The van der Waals surface area contributed by atoms with Crippen molar-refractivity contribution in [1.29, 1.82) is 0 Å². The van der Waals surface area contributed by atoms with Gasteiger partial charge in [-0.15, -0.1) is 0 Å². The second kappa shape index (κ2) is 7.93. The molecule has 0 radical (unpaired) electrons. The molecule has 2 N–H and O–H groups in total. The van der Waals surface area contributed by atoms with Crippen LogP contribution in [-0.4, -0.2) is 41.6 Å². The topological polar surface area (TPSA) is 76.1 Å². The van der Waals surface area contributed by atoms with Crippen LogP contribution in [0.5, 0.6) is 0 Å². The van der Waals surface area contributed by atoms with Gasteiger partial charge in [-0.2, -0.15) is 0 Å². The van der Waals surface area contributed by atoms with E-state index in [2.05, 4.69) is 20.6 Å². The molecule has 0 aliphatic carbocycles. The summed E-state index contributed by atoms with van der Waals surface area (Å²) >= 11 is 0. The highest BCUT2D eigenvalue weighted by Gasteiger charge is 2.45. The smallest absolute Gasteiger partial charge is 0.223 e. The van der Waals surface area contributed by atoms with Crippen molar-refractivity contribution in [2.45, 2.75) is 37.8 Å². The van der Waals surface area contributed by atoms with E-state index in [9.17, 15) is 9.18 Å². The minimum atomic E-state index is -0.743. The molecular formula is C21H25FN4O2. The Labute approximate surface area is 163 Å². The third kappa shape index (κ3) is 3.64. The molecule has 3 heterocycles. The number of carbonyl (C=O) groups is 1. The van der Waals surface area contributed by atoms with Gasteiger partial charge in [0.05, 0.1) is 11.7 Å². The molecule has 1 aromatic heterocycles. The minimum absolute atomic E-state index is 0.0368. The molecule has 0 spiro atoms. The number of rotatable bonds is 4. The zero-order chi connectivity index (χ0) is 19.6. The number of nitrogens with one attached hydrogen (secondary N) is 2. The van der Waals surface area contributed by atoms with E-state index >= 15 is 0 Å². The number of halogens is 1. The number of amides is 1. The van der Waals surface area contributed by atoms with Crippen LogP contribution >= 0.6 is 0 Å². The van der Waals surface area contributed by atoms with Crippen molar-refractivity contribution in [3.8, 4) is 11.3 Å². The van der Waals surface area contributed by atoms with Crippen LogP contribution in [-0.2, 0) is 15.1 Å². The molecule has 2 aromatic rings. The van der Waals surface area contributed by atoms with Gasteiger partial charge in [0, 0.05) is 29.8 Å².